The number of nitrogens with zero attached hydrogens (tertiary/aromatic N) is 2. The number of ether oxygens (including phenoxy) is 1. The van der Waals surface area contributed by atoms with Gasteiger partial charge in [-0.2, -0.15) is 0 Å². The van der Waals surface area contributed by atoms with E-state index in [0.717, 1.165) is 19.5 Å². The van der Waals surface area contributed by atoms with Gasteiger partial charge in [-0.15, -0.1) is 0 Å². The number of likely N-dealkylation sites (tertiary alicyclic amines) is 2. The van der Waals surface area contributed by atoms with E-state index in [-0.39, 0.29) is 6.09 Å². The first-order valence-corrected chi connectivity index (χ1v) is 9.58. The lowest BCUT2D eigenvalue weighted by molar-refractivity contribution is -0.143. The number of carbonyl (C=O) groups is 1. The molecule has 0 aromatic heterocycles. The number of benzene rings is 1. The van der Waals surface area contributed by atoms with E-state index in [0.29, 0.717) is 24.0 Å². The molecule has 3 aliphatic rings. The Morgan fingerprint density at radius 2 is 1.88 bits per heavy atom. The Labute approximate surface area is 156 Å². The highest BCUT2D eigenvalue weighted by Gasteiger charge is 2.57. The lowest BCUT2D eigenvalue weighted by Gasteiger charge is -2.64. The molecule has 4 rings (SSSR count). The van der Waals surface area contributed by atoms with Crippen molar-refractivity contribution in [2.75, 3.05) is 13.1 Å². The predicted octanol–water partition coefficient (Wildman–Crippen LogP) is 4.16. The molecule has 0 N–H and O–H groups in total. The van der Waals surface area contributed by atoms with Crippen molar-refractivity contribution in [3.63, 3.8) is 0 Å². The van der Waals surface area contributed by atoms with Crippen LogP contribution < -0.4 is 0 Å². The van der Waals surface area contributed by atoms with Crippen molar-refractivity contribution in [2.45, 2.75) is 50.9 Å². The van der Waals surface area contributed by atoms with E-state index in [1.807, 2.05) is 25.7 Å². The van der Waals surface area contributed by atoms with Gasteiger partial charge in [0.1, 0.15) is 5.60 Å². The first-order chi connectivity index (χ1) is 12.4. The molecule has 1 aromatic carbocycles. The minimum Gasteiger partial charge on any atom is -0.444 e. The van der Waals surface area contributed by atoms with Crippen LogP contribution in [0.15, 0.2) is 54.6 Å². The Balaban J connectivity index is 1.46. The van der Waals surface area contributed by atoms with Gasteiger partial charge in [0.05, 0.1) is 6.04 Å². The molecule has 0 saturated carbocycles. The Hall–Kier alpha value is -2.07. The van der Waals surface area contributed by atoms with Gasteiger partial charge in [0.2, 0.25) is 0 Å². The van der Waals surface area contributed by atoms with Gasteiger partial charge in [0, 0.05) is 31.1 Å². The van der Waals surface area contributed by atoms with Crippen LogP contribution in [0.4, 0.5) is 4.79 Å². The Kier molecular flexibility index (Phi) is 4.39. The third-order valence-corrected chi connectivity index (χ3v) is 5.60. The maximum atomic E-state index is 12.3. The fourth-order valence-electron chi connectivity index (χ4n) is 4.31. The Bertz CT molecular complexity index is 719. The average Bonchev–Trinajstić information content (AvgIpc) is 2.59. The molecule has 3 unspecified atom stereocenters. The van der Waals surface area contributed by atoms with Gasteiger partial charge in [-0.25, -0.2) is 4.79 Å². The maximum absolute atomic E-state index is 12.3. The van der Waals surface area contributed by atoms with Gasteiger partial charge >= 0.3 is 6.09 Å². The van der Waals surface area contributed by atoms with E-state index in [4.69, 9.17) is 4.74 Å². The van der Waals surface area contributed by atoms with Crippen LogP contribution in [0.2, 0.25) is 0 Å². The van der Waals surface area contributed by atoms with Gasteiger partial charge in [-0.3, -0.25) is 4.90 Å². The Morgan fingerprint density at radius 3 is 2.46 bits per heavy atom. The second kappa shape index (κ2) is 6.58. The molecule has 1 aromatic rings. The van der Waals surface area contributed by atoms with Gasteiger partial charge in [-0.1, -0.05) is 54.6 Å². The second-order valence-corrected chi connectivity index (χ2v) is 8.53. The first-order valence-electron chi connectivity index (χ1n) is 9.58. The van der Waals surface area contributed by atoms with Crippen LogP contribution in [0, 0.1) is 5.92 Å². The molecule has 4 heteroatoms. The summed E-state index contributed by atoms with van der Waals surface area (Å²) in [5, 5.41) is 0. The fraction of sp³-hybridized carbons (Fsp3) is 0.500. The van der Waals surface area contributed by atoms with E-state index in [2.05, 4.69) is 59.5 Å². The lowest BCUT2D eigenvalue weighted by Crippen LogP contribution is -2.80. The summed E-state index contributed by atoms with van der Waals surface area (Å²) in [7, 11) is 0. The van der Waals surface area contributed by atoms with E-state index in [1.54, 1.807) is 0 Å². The molecule has 0 spiro atoms. The minimum atomic E-state index is -0.433. The number of piperazine rings is 1. The van der Waals surface area contributed by atoms with Crippen LogP contribution >= 0.6 is 0 Å². The highest BCUT2D eigenvalue weighted by Crippen LogP contribution is 2.44. The zero-order chi connectivity index (χ0) is 18.3. The van der Waals surface area contributed by atoms with Crippen molar-refractivity contribution >= 4 is 6.09 Å². The molecule has 2 saturated heterocycles. The van der Waals surface area contributed by atoms with Crippen LogP contribution in [0.25, 0.3) is 0 Å². The molecule has 4 nitrogen and oxygen atoms in total. The summed E-state index contributed by atoms with van der Waals surface area (Å²) in [5.41, 5.74) is 0.934. The van der Waals surface area contributed by atoms with Crippen molar-refractivity contribution in [2.24, 2.45) is 5.92 Å². The summed E-state index contributed by atoms with van der Waals surface area (Å²) in [5.74, 6) is 0.485. The minimum absolute atomic E-state index is 0.171. The van der Waals surface area contributed by atoms with Crippen molar-refractivity contribution < 1.29 is 9.53 Å². The van der Waals surface area contributed by atoms with Crippen molar-refractivity contribution in [3.8, 4) is 0 Å². The highest BCUT2D eigenvalue weighted by atomic mass is 16.6. The number of hydrogen-bond acceptors (Lipinski definition) is 3. The molecule has 0 radical (unpaired) electrons. The smallest absolute Gasteiger partial charge is 0.410 e. The standard InChI is InChI=1S/C22H28N2O2/c1-22(2,3)26-21(25)24-15-18-19(24)14-23(18)20(16-10-6-4-7-11-16)17-12-8-5-9-13-17/h4-12,17-20H,13-15H2,1-3H3/t17?,18?,19-,20?/m1/s1. The molecule has 2 aliphatic heterocycles. The summed E-state index contributed by atoms with van der Waals surface area (Å²) < 4.78 is 5.54. The molecule has 26 heavy (non-hydrogen) atoms. The normalized spacial score (nSPS) is 28.7. The summed E-state index contributed by atoms with van der Waals surface area (Å²) in [6.07, 6.45) is 9.77. The molecule has 2 fully saturated rings. The average molecular weight is 352 g/mol. The predicted molar refractivity (Wildman–Crippen MR) is 103 cm³/mol. The summed E-state index contributed by atoms with van der Waals surface area (Å²) in [4.78, 5) is 16.8. The molecule has 1 aliphatic carbocycles. The highest BCUT2D eigenvalue weighted by molar-refractivity contribution is 5.70. The summed E-state index contributed by atoms with van der Waals surface area (Å²) >= 11 is 0. The molecule has 2 heterocycles. The third kappa shape index (κ3) is 3.18. The number of allylic oxidation sites excluding steroid dienone is 3. The number of hydrogen-bond donors (Lipinski definition) is 0. The van der Waals surface area contributed by atoms with Crippen molar-refractivity contribution in [3.05, 3.63) is 60.2 Å². The van der Waals surface area contributed by atoms with Crippen LogP contribution in [-0.2, 0) is 4.74 Å². The zero-order valence-corrected chi connectivity index (χ0v) is 15.8. The number of carbonyl (C=O) groups excluding carboxylic acids is 1. The van der Waals surface area contributed by atoms with Crippen LogP contribution in [0.3, 0.4) is 0 Å². The monoisotopic (exact) mass is 352 g/mol. The van der Waals surface area contributed by atoms with Crippen LogP contribution in [0.5, 0.6) is 0 Å². The number of rotatable bonds is 3. The largest absolute Gasteiger partial charge is 0.444 e. The molecule has 4 atom stereocenters. The SMILES string of the molecule is CC(C)(C)OC(=O)N1CC2[C@H]1CN2C(c1ccccc1)C1C=CC=CC1. The Morgan fingerprint density at radius 1 is 1.12 bits per heavy atom. The molecular weight excluding hydrogens is 324 g/mol. The van der Waals surface area contributed by atoms with Crippen LogP contribution in [0.1, 0.15) is 38.8 Å². The van der Waals surface area contributed by atoms with E-state index in [1.165, 1.54) is 5.56 Å². The van der Waals surface area contributed by atoms with E-state index in [9.17, 15) is 4.79 Å². The quantitative estimate of drug-likeness (QED) is 0.819. The van der Waals surface area contributed by atoms with Gasteiger partial charge in [0.15, 0.2) is 0 Å². The fourth-order valence-corrected chi connectivity index (χ4v) is 4.31. The molecule has 1 amide bonds. The van der Waals surface area contributed by atoms with Crippen LogP contribution in [-0.4, -0.2) is 46.7 Å². The van der Waals surface area contributed by atoms with Gasteiger partial charge in [-0.05, 0) is 32.8 Å². The number of fused-ring (bicyclic) bond motifs is 1. The molecule has 138 valence electrons. The molecular formula is C22H28N2O2. The zero-order valence-electron chi connectivity index (χ0n) is 15.8. The third-order valence-electron chi connectivity index (χ3n) is 5.60. The van der Waals surface area contributed by atoms with E-state index >= 15 is 0 Å². The summed E-state index contributed by atoms with van der Waals surface area (Å²) in [6.45, 7) is 7.46. The second-order valence-electron chi connectivity index (χ2n) is 8.53. The summed E-state index contributed by atoms with van der Waals surface area (Å²) in [6, 6.07) is 11.9. The maximum Gasteiger partial charge on any atom is 0.410 e. The lowest BCUT2D eigenvalue weighted by atomic mass is 9.78. The van der Waals surface area contributed by atoms with Crippen molar-refractivity contribution in [1.29, 1.82) is 0 Å². The molecule has 0 bridgehead atoms. The van der Waals surface area contributed by atoms with E-state index < -0.39 is 5.60 Å². The van der Waals surface area contributed by atoms with Crippen molar-refractivity contribution in [1.82, 2.24) is 9.80 Å². The first kappa shape index (κ1) is 17.3. The number of amides is 1. The van der Waals surface area contributed by atoms with Gasteiger partial charge < -0.3 is 9.64 Å². The topological polar surface area (TPSA) is 32.8 Å². The van der Waals surface area contributed by atoms with Gasteiger partial charge in [0.25, 0.3) is 0 Å².